The van der Waals surface area contributed by atoms with E-state index in [0.29, 0.717) is 24.2 Å². The van der Waals surface area contributed by atoms with Crippen LogP contribution in [0.25, 0.3) is 0 Å². The fraction of sp³-hybridized carbons (Fsp3) is 0.458. The number of benzene rings is 2. The zero-order chi connectivity index (χ0) is 21.6. The lowest BCUT2D eigenvalue weighted by Gasteiger charge is -2.35. The van der Waals surface area contributed by atoms with E-state index in [-0.39, 0.29) is 5.91 Å². The summed E-state index contributed by atoms with van der Waals surface area (Å²) in [5.41, 5.74) is 1.88. The van der Waals surface area contributed by atoms with Gasteiger partial charge in [-0.2, -0.15) is 0 Å². The SMILES string of the molecule is COc1ccc(Cl)cc1CN1CCN(C(=O)c2ccccc2SCC2CCCO2)CC1. The van der Waals surface area contributed by atoms with E-state index in [1.54, 1.807) is 18.9 Å². The number of piperazine rings is 1. The van der Waals surface area contributed by atoms with Crippen LogP contribution in [0.3, 0.4) is 0 Å². The normalized spacial score (nSPS) is 19.5. The zero-order valence-corrected chi connectivity index (χ0v) is 19.5. The van der Waals surface area contributed by atoms with Crippen molar-refractivity contribution in [3.63, 3.8) is 0 Å². The highest BCUT2D eigenvalue weighted by Crippen LogP contribution is 2.28. The first-order chi connectivity index (χ1) is 15.1. The van der Waals surface area contributed by atoms with E-state index in [9.17, 15) is 4.79 Å². The molecule has 0 aromatic heterocycles. The molecule has 0 saturated carbocycles. The lowest BCUT2D eigenvalue weighted by molar-refractivity contribution is 0.0624. The number of thioether (sulfide) groups is 1. The van der Waals surface area contributed by atoms with Gasteiger partial charge in [-0.3, -0.25) is 9.69 Å². The van der Waals surface area contributed by atoms with Gasteiger partial charge in [0.1, 0.15) is 5.75 Å². The number of carbonyl (C=O) groups excluding carboxylic acids is 1. The van der Waals surface area contributed by atoms with Gasteiger partial charge in [0, 0.05) is 60.6 Å². The summed E-state index contributed by atoms with van der Waals surface area (Å²) in [4.78, 5) is 18.6. The van der Waals surface area contributed by atoms with E-state index >= 15 is 0 Å². The molecule has 1 atom stereocenters. The molecule has 31 heavy (non-hydrogen) atoms. The largest absolute Gasteiger partial charge is 0.496 e. The van der Waals surface area contributed by atoms with Crippen molar-refractivity contribution < 1.29 is 14.3 Å². The number of carbonyl (C=O) groups is 1. The quantitative estimate of drug-likeness (QED) is 0.566. The van der Waals surface area contributed by atoms with Gasteiger partial charge >= 0.3 is 0 Å². The summed E-state index contributed by atoms with van der Waals surface area (Å²) in [6, 6.07) is 13.7. The number of ether oxygens (including phenoxy) is 2. The molecule has 2 aromatic rings. The predicted octanol–water partition coefficient (Wildman–Crippen LogP) is 4.58. The van der Waals surface area contributed by atoms with Gasteiger partial charge in [-0.15, -0.1) is 11.8 Å². The Kier molecular flexibility index (Phi) is 7.77. The molecule has 2 fully saturated rings. The van der Waals surface area contributed by atoms with Crippen molar-refractivity contribution >= 4 is 29.3 Å². The maximum absolute atomic E-state index is 13.3. The maximum atomic E-state index is 13.3. The van der Waals surface area contributed by atoms with Crippen LogP contribution in [0.15, 0.2) is 47.4 Å². The Labute approximate surface area is 193 Å². The molecule has 7 heteroatoms. The second-order valence-electron chi connectivity index (χ2n) is 7.97. The van der Waals surface area contributed by atoms with Gasteiger partial charge in [-0.05, 0) is 43.2 Å². The van der Waals surface area contributed by atoms with Crippen LogP contribution in [0, 0.1) is 0 Å². The van der Waals surface area contributed by atoms with Crippen LogP contribution < -0.4 is 4.74 Å². The standard InChI is InChI=1S/C24H29ClN2O3S/c1-29-22-9-8-19(25)15-18(22)16-26-10-12-27(13-11-26)24(28)21-6-2-3-7-23(21)31-17-20-5-4-14-30-20/h2-3,6-9,15,20H,4-5,10-14,16-17H2,1H3. The van der Waals surface area contributed by atoms with E-state index in [4.69, 9.17) is 21.1 Å². The minimum atomic E-state index is 0.121. The lowest BCUT2D eigenvalue weighted by atomic mass is 10.1. The molecule has 0 aliphatic carbocycles. The summed E-state index contributed by atoms with van der Waals surface area (Å²) >= 11 is 7.90. The fourth-order valence-corrected chi connectivity index (χ4v) is 5.43. The molecule has 0 N–H and O–H groups in total. The molecule has 2 saturated heterocycles. The van der Waals surface area contributed by atoms with E-state index in [0.717, 1.165) is 66.6 Å². The van der Waals surface area contributed by atoms with Crippen LogP contribution in [0.4, 0.5) is 0 Å². The van der Waals surface area contributed by atoms with Crippen LogP contribution in [-0.2, 0) is 11.3 Å². The van der Waals surface area contributed by atoms with E-state index in [2.05, 4.69) is 11.0 Å². The summed E-state index contributed by atoms with van der Waals surface area (Å²) in [5.74, 6) is 1.87. The molecule has 0 radical (unpaired) electrons. The van der Waals surface area contributed by atoms with E-state index < -0.39 is 0 Å². The average molecular weight is 461 g/mol. The van der Waals surface area contributed by atoms with Gasteiger partial charge < -0.3 is 14.4 Å². The van der Waals surface area contributed by atoms with Crippen molar-refractivity contribution in [1.29, 1.82) is 0 Å². The Hall–Kier alpha value is -1.73. The molecule has 1 unspecified atom stereocenters. The monoisotopic (exact) mass is 460 g/mol. The molecule has 5 nitrogen and oxygen atoms in total. The highest BCUT2D eigenvalue weighted by Gasteiger charge is 2.25. The van der Waals surface area contributed by atoms with Crippen molar-refractivity contribution in [3.05, 3.63) is 58.6 Å². The topological polar surface area (TPSA) is 42.0 Å². The number of rotatable bonds is 7. The zero-order valence-electron chi connectivity index (χ0n) is 17.9. The Balaban J connectivity index is 1.35. The Bertz CT molecular complexity index is 896. The third kappa shape index (κ3) is 5.75. The Morgan fingerprint density at radius 3 is 2.74 bits per heavy atom. The number of hydrogen-bond donors (Lipinski definition) is 0. The minimum absolute atomic E-state index is 0.121. The number of nitrogens with zero attached hydrogens (tertiary/aromatic N) is 2. The number of hydrogen-bond acceptors (Lipinski definition) is 5. The third-order valence-corrected chi connectivity index (χ3v) is 7.30. The first-order valence-corrected chi connectivity index (χ1v) is 12.2. The highest BCUT2D eigenvalue weighted by atomic mass is 35.5. The van der Waals surface area contributed by atoms with Crippen molar-refractivity contribution in [2.75, 3.05) is 45.6 Å². The van der Waals surface area contributed by atoms with Crippen LogP contribution in [0.5, 0.6) is 5.75 Å². The Morgan fingerprint density at radius 2 is 2.00 bits per heavy atom. The Morgan fingerprint density at radius 1 is 1.19 bits per heavy atom. The van der Waals surface area contributed by atoms with Gasteiger partial charge in [0.25, 0.3) is 5.91 Å². The molecule has 2 heterocycles. The fourth-order valence-electron chi connectivity index (χ4n) is 4.12. The summed E-state index contributed by atoms with van der Waals surface area (Å²) in [7, 11) is 1.68. The molecular formula is C24H29ClN2O3S. The summed E-state index contributed by atoms with van der Waals surface area (Å²) in [6.07, 6.45) is 2.56. The van der Waals surface area contributed by atoms with Crippen LogP contribution in [0.2, 0.25) is 5.02 Å². The predicted molar refractivity (Wildman–Crippen MR) is 125 cm³/mol. The van der Waals surface area contributed by atoms with Gasteiger partial charge in [-0.1, -0.05) is 23.7 Å². The number of halogens is 1. The van der Waals surface area contributed by atoms with Gasteiger partial charge in [-0.25, -0.2) is 0 Å². The summed E-state index contributed by atoms with van der Waals surface area (Å²) in [5, 5.41) is 0.710. The molecular weight excluding hydrogens is 432 g/mol. The number of amides is 1. The molecule has 166 valence electrons. The molecule has 2 aliphatic heterocycles. The van der Waals surface area contributed by atoms with Crippen molar-refractivity contribution in [2.45, 2.75) is 30.4 Å². The first-order valence-electron chi connectivity index (χ1n) is 10.8. The van der Waals surface area contributed by atoms with Gasteiger partial charge in [0.05, 0.1) is 18.8 Å². The van der Waals surface area contributed by atoms with Crippen molar-refractivity contribution in [1.82, 2.24) is 9.80 Å². The molecule has 4 rings (SSSR count). The van der Waals surface area contributed by atoms with E-state index in [1.807, 2.05) is 41.3 Å². The second kappa shape index (κ2) is 10.7. The minimum Gasteiger partial charge on any atom is -0.496 e. The lowest BCUT2D eigenvalue weighted by Crippen LogP contribution is -2.48. The van der Waals surface area contributed by atoms with E-state index in [1.165, 1.54) is 0 Å². The van der Waals surface area contributed by atoms with Crippen LogP contribution in [-0.4, -0.2) is 67.5 Å². The summed E-state index contributed by atoms with van der Waals surface area (Å²) < 4.78 is 11.2. The molecule has 0 spiro atoms. The number of methoxy groups -OCH3 is 1. The molecule has 2 aromatic carbocycles. The molecule has 2 aliphatic rings. The van der Waals surface area contributed by atoms with Gasteiger partial charge in [0.15, 0.2) is 0 Å². The third-order valence-electron chi connectivity index (χ3n) is 5.86. The maximum Gasteiger partial charge on any atom is 0.255 e. The molecule has 0 bridgehead atoms. The van der Waals surface area contributed by atoms with Crippen LogP contribution >= 0.6 is 23.4 Å². The smallest absolute Gasteiger partial charge is 0.255 e. The van der Waals surface area contributed by atoms with Crippen molar-refractivity contribution in [2.24, 2.45) is 0 Å². The molecule has 1 amide bonds. The van der Waals surface area contributed by atoms with Gasteiger partial charge in [0.2, 0.25) is 0 Å². The van der Waals surface area contributed by atoms with Crippen molar-refractivity contribution in [3.8, 4) is 5.75 Å². The summed E-state index contributed by atoms with van der Waals surface area (Å²) in [6.45, 7) is 4.70. The second-order valence-corrected chi connectivity index (χ2v) is 9.46. The van der Waals surface area contributed by atoms with Crippen LogP contribution in [0.1, 0.15) is 28.8 Å². The first kappa shape index (κ1) is 22.5. The highest BCUT2D eigenvalue weighted by molar-refractivity contribution is 7.99. The average Bonchev–Trinajstić information content (AvgIpc) is 3.32.